The topological polar surface area (TPSA) is 23.5 Å². The lowest BCUT2D eigenvalue weighted by atomic mass is 10.2. The molecule has 0 saturated heterocycles. The number of aliphatic hydroxyl groups is 1. The van der Waals surface area contributed by atoms with Gasteiger partial charge in [-0.05, 0) is 35.5 Å². The third-order valence-corrected chi connectivity index (χ3v) is 3.72. The molecule has 80 valence electrons. The lowest BCUT2D eigenvalue weighted by Crippen LogP contribution is -2.27. The SMILES string of the molecule is CCC(O)CN(C)Cc1cc(Br)cs1. The summed E-state index contributed by atoms with van der Waals surface area (Å²) in [4.78, 5) is 3.47. The highest BCUT2D eigenvalue weighted by Gasteiger charge is 2.07. The average Bonchev–Trinajstić information content (AvgIpc) is 2.50. The first-order chi connectivity index (χ1) is 6.61. The van der Waals surface area contributed by atoms with Crippen LogP contribution in [0.25, 0.3) is 0 Å². The van der Waals surface area contributed by atoms with Crippen LogP contribution in [0.15, 0.2) is 15.9 Å². The van der Waals surface area contributed by atoms with E-state index in [0.29, 0.717) is 0 Å². The first kappa shape index (κ1) is 12.2. The minimum Gasteiger partial charge on any atom is -0.392 e. The number of rotatable bonds is 5. The van der Waals surface area contributed by atoms with Gasteiger partial charge in [0.1, 0.15) is 0 Å². The first-order valence-electron chi connectivity index (χ1n) is 4.71. The van der Waals surface area contributed by atoms with Crippen LogP contribution < -0.4 is 0 Å². The zero-order valence-electron chi connectivity index (χ0n) is 8.53. The second-order valence-corrected chi connectivity index (χ2v) is 5.40. The monoisotopic (exact) mass is 277 g/mol. The first-order valence-corrected chi connectivity index (χ1v) is 6.38. The van der Waals surface area contributed by atoms with E-state index < -0.39 is 0 Å². The molecule has 4 heteroatoms. The second kappa shape index (κ2) is 5.85. The van der Waals surface area contributed by atoms with Crippen LogP contribution in [0.2, 0.25) is 0 Å². The van der Waals surface area contributed by atoms with Gasteiger partial charge in [-0.25, -0.2) is 0 Å². The van der Waals surface area contributed by atoms with Crippen LogP contribution in [0.3, 0.4) is 0 Å². The van der Waals surface area contributed by atoms with Gasteiger partial charge in [0.25, 0.3) is 0 Å². The highest BCUT2D eigenvalue weighted by molar-refractivity contribution is 9.10. The van der Waals surface area contributed by atoms with Crippen molar-refractivity contribution in [1.29, 1.82) is 0 Å². The molecule has 1 aromatic rings. The molecule has 1 rings (SSSR count). The minimum absolute atomic E-state index is 0.205. The van der Waals surface area contributed by atoms with Crippen LogP contribution in [0.4, 0.5) is 0 Å². The molecule has 0 bridgehead atoms. The minimum atomic E-state index is -0.205. The van der Waals surface area contributed by atoms with Crippen molar-refractivity contribution >= 4 is 27.3 Å². The van der Waals surface area contributed by atoms with Gasteiger partial charge >= 0.3 is 0 Å². The van der Waals surface area contributed by atoms with Crippen molar-refractivity contribution in [2.45, 2.75) is 26.0 Å². The largest absolute Gasteiger partial charge is 0.392 e. The van der Waals surface area contributed by atoms with Crippen LogP contribution in [-0.2, 0) is 6.54 Å². The molecule has 0 radical (unpaired) electrons. The molecular formula is C10H16BrNOS. The van der Waals surface area contributed by atoms with E-state index in [0.717, 1.165) is 24.0 Å². The van der Waals surface area contributed by atoms with Gasteiger partial charge in [0.2, 0.25) is 0 Å². The predicted molar refractivity (Wildman–Crippen MR) is 64.7 cm³/mol. The van der Waals surface area contributed by atoms with Gasteiger partial charge < -0.3 is 5.11 Å². The Morgan fingerprint density at radius 3 is 2.86 bits per heavy atom. The Labute approximate surface area is 97.7 Å². The summed E-state index contributed by atoms with van der Waals surface area (Å²) in [5, 5.41) is 11.5. The maximum absolute atomic E-state index is 9.46. The number of aliphatic hydroxyl groups excluding tert-OH is 1. The smallest absolute Gasteiger partial charge is 0.0664 e. The number of halogens is 1. The Hall–Kier alpha value is 0.1000. The predicted octanol–water partition coefficient (Wildman–Crippen LogP) is 2.71. The molecule has 1 atom stereocenters. The van der Waals surface area contributed by atoms with Gasteiger partial charge in [-0.15, -0.1) is 11.3 Å². The standard InChI is InChI=1S/C10H16BrNOS/c1-3-9(13)5-12(2)6-10-4-8(11)7-14-10/h4,7,9,13H,3,5-6H2,1-2H3. The van der Waals surface area contributed by atoms with Crippen molar-refractivity contribution in [1.82, 2.24) is 4.90 Å². The van der Waals surface area contributed by atoms with Crippen molar-refractivity contribution in [3.8, 4) is 0 Å². The molecule has 14 heavy (non-hydrogen) atoms. The number of hydrogen-bond acceptors (Lipinski definition) is 3. The summed E-state index contributed by atoms with van der Waals surface area (Å²) in [6, 6.07) is 2.12. The van der Waals surface area contributed by atoms with Crippen LogP contribution in [-0.4, -0.2) is 29.7 Å². The third-order valence-electron chi connectivity index (χ3n) is 2.04. The zero-order valence-corrected chi connectivity index (χ0v) is 10.9. The van der Waals surface area contributed by atoms with E-state index in [-0.39, 0.29) is 6.10 Å². The van der Waals surface area contributed by atoms with Gasteiger partial charge in [0, 0.05) is 27.8 Å². The molecule has 2 nitrogen and oxygen atoms in total. The van der Waals surface area contributed by atoms with Crippen molar-refractivity contribution in [2.24, 2.45) is 0 Å². The fourth-order valence-corrected chi connectivity index (χ4v) is 2.79. The van der Waals surface area contributed by atoms with Crippen LogP contribution in [0.5, 0.6) is 0 Å². The molecule has 0 fully saturated rings. The Morgan fingerprint density at radius 1 is 1.64 bits per heavy atom. The van der Waals surface area contributed by atoms with E-state index in [9.17, 15) is 5.11 Å². The van der Waals surface area contributed by atoms with E-state index in [4.69, 9.17) is 0 Å². The summed E-state index contributed by atoms with van der Waals surface area (Å²) >= 11 is 5.17. The fourth-order valence-electron chi connectivity index (χ4n) is 1.26. The molecule has 1 N–H and O–H groups in total. The van der Waals surface area contributed by atoms with E-state index in [1.165, 1.54) is 4.88 Å². The molecular weight excluding hydrogens is 262 g/mol. The summed E-state index contributed by atoms with van der Waals surface area (Å²) in [7, 11) is 2.03. The van der Waals surface area contributed by atoms with Crippen molar-refractivity contribution in [3.63, 3.8) is 0 Å². The number of nitrogens with zero attached hydrogens (tertiary/aromatic N) is 1. The maximum atomic E-state index is 9.46. The van der Waals surface area contributed by atoms with Gasteiger partial charge in [-0.2, -0.15) is 0 Å². The van der Waals surface area contributed by atoms with Crippen LogP contribution >= 0.6 is 27.3 Å². The Kier molecular flexibility index (Phi) is 5.09. The summed E-state index contributed by atoms with van der Waals surface area (Å²) < 4.78 is 1.14. The number of hydrogen-bond donors (Lipinski definition) is 1. The molecule has 1 unspecified atom stereocenters. The molecule has 0 aromatic carbocycles. The summed E-state index contributed by atoms with van der Waals surface area (Å²) in [5.74, 6) is 0. The van der Waals surface area contributed by atoms with Crippen molar-refractivity contribution < 1.29 is 5.11 Å². The second-order valence-electron chi connectivity index (χ2n) is 3.49. The van der Waals surface area contributed by atoms with Crippen molar-refractivity contribution in [3.05, 3.63) is 20.8 Å². The van der Waals surface area contributed by atoms with E-state index in [1.54, 1.807) is 11.3 Å². The fraction of sp³-hybridized carbons (Fsp3) is 0.600. The van der Waals surface area contributed by atoms with Crippen molar-refractivity contribution in [2.75, 3.05) is 13.6 Å². The Morgan fingerprint density at radius 2 is 2.36 bits per heavy atom. The molecule has 1 aromatic heterocycles. The number of likely N-dealkylation sites (N-methyl/N-ethyl adjacent to an activating group) is 1. The van der Waals surface area contributed by atoms with E-state index in [1.807, 2.05) is 14.0 Å². The van der Waals surface area contributed by atoms with Gasteiger partial charge in [-0.3, -0.25) is 4.90 Å². The van der Waals surface area contributed by atoms with Gasteiger partial charge in [0.15, 0.2) is 0 Å². The molecule has 1 heterocycles. The normalized spacial score (nSPS) is 13.5. The number of thiophene rings is 1. The molecule has 0 aliphatic carbocycles. The molecule has 0 aliphatic heterocycles. The Bertz CT molecular complexity index is 277. The van der Waals surface area contributed by atoms with Gasteiger partial charge in [0.05, 0.1) is 6.10 Å². The van der Waals surface area contributed by atoms with Crippen LogP contribution in [0.1, 0.15) is 18.2 Å². The highest BCUT2D eigenvalue weighted by Crippen LogP contribution is 2.20. The molecule has 0 spiro atoms. The Balaban J connectivity index is 2.37. The summed E-state index contributed by atoms with van der Waals surface area (Å²) in [5.41, 5.74) is 0. The quantitative estimate of drug-likeness (QED) is 0.895. The van der Waals surface area contributed by atoms with E-state index in [2.05, 4.69) is 32.3 Å². The summed E-state index contributed by atoms with van der Waals surface area (Å²) in [6.45, 7) is 3.65. The lowest BCUT2D eigenvalue weighted by Gasteiger charge is -2.18. The molecule has 0 aliphatic rings. The molecule has 0 saturated carbocycles. The van der Waals surface area contributed by atoms with Gasteiger partial charge in [-0.1, -0.05) is 6.92 Å². The molecule has 0 amide bonds. The third kappa shape index (κ3) is 4.09. The maximum Gasteiger partial charge on any atom is 0.0664 e. The zero-order chi connectivity index (χ0) is 10.6. The summed E-state index contributed by atoms with van der Waals surface area (Å²) in [6.07, 6.45) is 0.613. The van der Waals surface area contributed by atoms with E-state index >= 15 is 0 Å². The highest BCUT2D eigenvalue weighted by atomic mass is 79.9. The average molecular weight is 278 g/mol. The lowest BCUT2D eigenvalue weighted by molar-refractivity contribution is 0.120. The van der Waals surface area contributed by atoms with Crippen LogP contribution in [0, 0.1) is 0 Å².